The van der Waals surface area contributed by atoms with Crippen molar-refractivity contribution in [1.82, 2.24) is 5.32 Å². The van der Waals surface area contributed by atoms with Gasteiger partial charge in [-0.05, 0) is 56.5 Å². The Bertz CT molecular complexity index is 1190. The summed E-state index contributed by atoms with van der Waals surface area (Å²) in [5.74, 6) is 0.804. The highest BCUT2D eigenvalue weighted by molar-refractivity contribution is 5.77. The van der Waals surface area contributed by atoms with Gasteiger partial charge in [0.1, 0.15) is 16.9 Å². The number of hydrogen-bond acceptors (Lipinski definition) is 4. The molecule has 3 aromatic carbocycles. The van der Waals surface area contributed by atoms with Crippen LogP contribution in [-0.4, -0.2) is 24.2 Å². The first-order valence-electron chi connectivity index (χ1n) is 11.9. The van der Waals surface area contributed by atoms with Gasteiger partial charge in [0.15, 0.2) is 0 Å². The minimum absolute atomic E-state index is 0.0308. The summed E-state index contributed by atoms with van der Waals surface area (Å²) in [6, 6.07) is 29.3. The van der Waals surface area contributed by atoms with E-state index in [1.165, 1.54) is 16.7 Å². The highest BCUT2D eigenvalue weighted by atomic mass is 16.6. The van der Waals surface area contributed by atoms with Gasteiger partial charge in [0.2, 0.25) is 0 Å². The second kappa shape index (κ2) is 10.3. The molecule has 176 valence electrons. The number of carbonyl (C=O) groups excluding carboxylic acids is 1. The van der Waals surface area contributed by atoms with Gasteiger partial charge < -0.3 is 14.5 Å². The Labute approximate surface area is 201 Å². The molecule has 1 heterocycles. The Morgan fingerprint density at radius 3 is 2.24 bits per heavy atom. The molecule has 0 spiro atoms. The number of esters is 1. The molecule has 0 radical (unpaired) electrons. The Hall–Kier alpha value is -3.37. The highest BCUT2D eigenvalue weighted by Crippen LogP contribution is 2.30. The molecule has 0 amide bonds. The molecule has 0 aliphatic heterocycles. The summed E-state index contributed by atoms with van der Waals surface area (Å²) in [5.41, 5.74) is 3.97. The van der Waals surface area contributed by atoms with E-state index in [1.54, 1.807) is 0 Å². The summed E-state index contributed by atoms with van der Waals surface area (Å²) in [7, 11) is 0. The maximum Gasteiger partial charge on any atom is 0.320 e. The third-order valence-corrected chi connectivity index (χ3v) is 5.94. The number of hydrogen-bond donors (Lipinski definition) is 1. The van der Waals surface area contributed by atoms with Gasteiger partial charge in [0.05, 0.1) is 6.54 Å². The van der Waals surface area contributed by atoms with Crippen LogP contribution < -0.4 is 5.32 Å². The Morgan fingerprint density at radius 2 is 1.56 bits per heavy atom. The fourth-order valence-electron chi connectivity index (χ4n) is 4.26. The minimum atomic E-state index is -0.497. The smallest absolute Gasteiger partial charge is 0.320 e. The van der Waals surface area contributed by atoms with Crippen molar-refractivity contribution < 1.29 is 13.9 Å². The number of furan rings is 1. The van der Waals surface area contributed by atoms with Crippen LogP contribution in [0.15, 0.2) is 89.3 Å². The molecule has 2 unspecified atom stereocenters. The van der Waals surface area contributed by atoms with Gasteiger partial charge in [-0.3, -0.25) is 4.79 Å². The lowest BCUT2D eigenvalue weighted by Gasteiger charge is -2.26. The van der Waals surface area contributed by atoms with E-state index in [1.807, 2.05) is 45.0 Å². The molecule has 4 rings (SSSR count). The van der Waals surface area contributed by atoms with Gasteiger partial charge >= 0.3 is 5.97 Å². The minimum Gasteiger partial charge on any atom is -0.461 e. The van der Waals surface area contributed by atoms with Gasteiger partial charge in [-0.1, -0.05) is 72.8 Å². The Kier molecular flexibility index (Phi) is 7.18. The molecule has 1 N–H and O–H groups in total. The summed E-state index contributed by atoms with van der Waals surface area (Å²) in [6.07, 6.45) is 0.724. The van der Waals surface area contributed by atoms with Crippen LogP contribution >= 0.6 is 0 Å². The van der Waals surface area contributed by atoms with Crippen LogP contribution in [-0.2, 0) is 16.0 Å². The highest BCUT2D eigenvalue weighted by Gasteiger charge is 2.24. The van der Waals surface area contributed by atoms with Crippen LogP contribution in [0.1, 0.15) is 44.9 Å². The van der Waals surface area contributed by atoms with E-state index in [-0.39, 0.29) is 24.5 Å². The number of fused-ring (bicyclic) bond motifs is 1. The first-order valence-corrected chi connectivity index (χ1v) is 11.9. The van der Waals surface area contributed by atoms with E-state index in [9.17, 15) is 4.79 Å². The van der Waals surface area contributed by atoms with Gasteiger partial charge in [-0.15, -0.1) is 0 Å². The number of benzene rings is 3. The molecule has 0 saturated heterocycles. The molecular formula is C30H33NO3. The maximum absolute atomic E-state index is 12.3. The van der Waals surface area contributed by atoms with Gasteiger partial charge in [0, 0.05) is 23.8 Å². The average Bonchev–Trinajstić information content (AvgIpc) is 3.23. The standard InChI is InChI=1S/C30H33NO3/c1-21(31-20-29(32)34-30(2,3)4)27(19-26-18-25-12-8-9-13-28(25)33-26)24-16-14-23(15-17-24)22-10-6-5-7-11-22/h5-18,21,27,31H,19-20H2,1-4H3. The molecule has 1 aromatic heterocycles. The quantitative estimate of drug-likeness (QED) is 0.299. The molecule has 4 aromatic rings. The lowest BCUT2D eigenvalue weighted by Crippen LogP contribution is -2.39. The third-order valence-electron chi connectivity index (χ3n) is 5.94. The summed E-state index contributed by atoms with van der Waals surface area (Å²) < 4.78 is 11.6. The van der Waals surface area contributed by atoms with Crippen molar-refractivity contribution >= 4 is 16.9 Å². The fraction of sp³-hybridized carbons (Fsp3) is 0.300. The van der Waals surface area contributed by atoms with E-state index < -0.39 is 5.60 Å². The SMILES string of the molecule is CC(NCC(=O)OC(C)(C)C)C(Cc1cc2ccccc2o1)c1ccc(-c2ccccc2)cc1. The predicted molar refractivity (Wildman–Crippen MR) is 138 cm³/mol. The van der Waals surface area contributed by atoms with Crippen molar-refractivity contribution in [2.45, 2.75) is 51.7 Å². The third kappa shape index (κ3) is 6.15. The van der Waals surface area contributed by atoms with Crippen molar-refractivity contribution in [1.29, 1.82) is 0 Å². The van der Waals surface area contributed by atoms with Crippen molar-refractivity contribution in [3.05, 3.63) is 96.3 Å². The zero-order valence-corrected chi connectivity index (χ0v) is 20.4. The summed E-state index contributed by atoms with van der Waals surface area (Å²) in [6.45, 7) is 7.92. The number of nitrogens with one attached hydrogen (secondary N) is 1. The Balaban J connectivity index is 1.56. The monoisotopic (exact) mass is 455 g/mol. The first-order chi connectivity index (χ1) is 16.3. The predicted octanol–water partition coefficient (Wildman–Crippen LogP) is 6.75. The molecule has 0 bridgehead atoms. The molecule has 34 heavy (non-hydrogen) atoms. The number of carbonyl (C=O) groups is 1. The topological polar surface area (TPSA) is 51.5 Å². The lowest BCUT2D eigenvalue weighted by molar-refractivity contribution is -0.153. The molecular weight excluding hydrogens is 422 g/mol. The van der Waals surface area contributed by atoms with Crippen LogP contribution in [0.25, 0.3) is 22.1 Å². The molecule has 0 aliphatic rings. The van der Waals surface area contributed by atoms with Crippen LogP contribution in [0.4, 0.5) is 0 Å². The number of para-hydroxylation sites is 1. The summed E-state index contributed by atoms with van der Waals surface area (Å²) >= 11 is 0. The molecule has 2 atom stereocenters. The molecule has 4 heteroatoms. The largest absolute Gasteiger partial charge is 0.461 e. The Morgan fingerprint density at radius 1 is 0.912 bits per heavy atom. The van der Waals surface area contributed by atoms with Gasteiger partial charge in [-0.2, -0.15) is 0 Å². The van der Waals surface area contributed by atoms with Crippen molar-refractivity contribution in [2.75, 3.05) is 6.54 Å². The van der Waals surface area contributed by atoms with Crippen LogP contribution in [0.2, 0.25) is 0 Å². The fourth-order valence-corrected chi connectivity index (χ4v) is 4.26. The average molecular weight is 456 g/mol. The summed E-state index contributed by atoms with van der Waals surface area (Å²) in [4.78, 5) is 12.3. The van der Waals surface area contributed by atoms with Crippen molar-refractivity contribution in [3.63, 3.8) is 0 Å². The van der Waals surface area contributed by atoms with Gasteiger partial charge in [-0.25, -0.2) is 0 Å². The normalized spacial score (nSPS) is 13.5. The zero-order chi connectivity index (χ0) is 24.1. The molecule has 0 aliphatic carbocycles. The van der Waals surface area contributed by atoms with E-state index in [0.29, 0.717) is 0 Å². The van der Waals surface area contributed by atoms with Crippen molar-refractivity contribution in [3.8, 4) is 11.1 Å². The number of rotatable bonds is 8. The lowest BCUT2D eigenvalue weighted by atomic mass is 9.87. The van der Waals surface area contributed by atoms with E-state index in [2.05, 4.69) is 72.9 Å². The van der Waals surface area contributed by atoms with E-state index >= 15 is 0 Å². The maximum atomic E-state index is 12.3. The summed E-state index contributed by atoms with van der Waals surface area (Å²) in [5, 5.41) is 4.49. The van der Waals surface area contributed by atoms with E-state index in [4.69, 9.17) is 9.15 Å². The van der Waals surface area contributed by atoms with E-state index in [0.717, 1.165) is 23.2 Å². The second-order valence-corrected chi connectivity index (χ2v) is 9.81. The van der Waals surface area contributed by atoms with Crippen LogP contribution in [0.5, 0.6) is 0 Å². The number of ether oxygens (including phenoxy) is 1. The van der Waals surface area contributed by atoms with Crippen LogP contribution in [0.3, 0.4) is 0 Å². The van der Waals surface area contributed by atoms with Crippen LogP contribution in [0, 0.1) is 0 Å². The molecule has 0 fully saturated rings. The zero-order valence-electron chi connectivity index (χ0n) is 20.4. The second-order valence-electron chi connectivity index (χ2n) is 9.81. The molecule has 4 nitrogen and oxygen atoms in total. The first kappa shape index (κ1) is 23.8. The van der Waals surface area contributed by atoms with Crippen molar-refractivity contribution in [2.24, 2.45) is 0 Å². The molecule has 0 saturated carbocycles. The van der Waals surface area contributed by atoms with Gasteiger partial charge in [0.25, 0.3) is 0 Å².